The summed E-state index contributed by atoms with van der Waals surface area (Å²) in [5.74, 6) is 1.60. The third-order valence-electron chi connectivity index (χ3n) is 4.80. The molecule has 11 heteroatoms. The lowest BCUT2D eigenvalue weighted by molar-refractivity contribution is 0.386. The Kier molecular flexibility index (Phi) is 5.39. The average Bonchev–Trinajstić information content (AvgIpc) is 3.31. The molecule has 0 unspecified atom stereocenters. The van der Waals surface area contributed by atoms with E-state index in [0.717, 1.165) is 12.8 Å². The SMILES string of the molecule is COc1ccc(S(=O)(=O)NCCn2nc(-c3ccco3)n(C3CC3)c2=O)c(OC)c1. The Bertz CT molecular complexity index is 1190. The van der Waals surface area contributed by atoms with Gasteiger partial charge in [0.1, 0.15) is 16.4 Å². The monoisotopic (exact) mass is 434 g/mol. The molecule has 0 spiro atoms. The lowest BCUT2D eigenvalue weighted by Crippen LogP contribution is -2.32. The largest absolute Gasteiger partial charge is 0.497 e. The van der Waals surface area contributed by atoms with Crippen molar-refractivity contribution in [2.45, 2.75) is 30.3 Å². The number of furan rings is 1. The first-order valence-electron chi connectivity index (χ1n) is 9.39. The van der Waals surface area contributed by atoms with E-state index in [1.54, 1.807) is 16.7 Å². The van der Waals surface area contributed by atoms with Crippen molar-refractivity contribution in [3.63, 3.8) is 0 Å². The minimum Gasteiger partial charge on any atom is -0.497 e. The van der Waals surface area contributed by atoms with Gasteiger partial charge in [0.15, 0.2) is 5.76 Å². The number of nitrogens with zero attached hydrogens (tertiary/aromatic N) is 3. The summed E-state index contributed by atoms with van der Waals surface area (Å²) in [5.41, 5.74) is -0.287. The van der Waals surface area contributed by atoms with Crippen LogP contribution in [-0.2, 0) is 16.6 Å². The van der Waals surface area contributed by atoms with E-state index in [0.29, 0.717) is 17.3 Å². The molecule has 4 rings (SSSR count). The van der Waals surface area contributed by atoms with E-state index in [1.807, 2.05) is 0 Å². The Hall–Kier alpha value is -3.05. The third-order valence-corrected chi connectivity index (χ3v) is 6.30. The van der Waals surface area contributed by atoms with E-state index < -0.39 is 10.0 Å². The molecule has 0 amide bonds. The molecule has 1 aromatic carbocycles. The fourth-order valence-corrected chi connectivity index (χ4v) is 4.33. The smallest absolute Gasteiger partial charge is 0.346 e. The summed E-state index contributed by atoms with van der Waals surface area (Å²) in [6.45, 7) is 0.0562. The number of nitrogens with one attached hydrogen (secondary N) is 1. The average molecular weight is 434 g/mol. The van der Waals surface area contributed by atoms with Gasteiger partial charge in [-0.05, 0) is 37.1 Å². The molecule has 0 bridgehead atoms. The Balaban J connectivity index is 1.52. The van der Waals surface area contributed by atoms with Crippen LogP contribution in [0.1, 0.15) is 18.9 Å². The van der Waals surface area contributed by atoms with Crippen LogP contribution >= 0.6 is 0 Å². The Labute approximate surface area is 173 Å². The first kappa shape index (κ1) is 20.2. The van der Waals surface area contributed by atoms with Crippen molar-refractivity contribution in [3.05, 3.63) is 47.1 Å². The van der Waals surface area contributed by atoms with Gasteiger partial charge in [-0.25, -0.2) is 22.6 Å². The molecule has 1 fully saturated rings. The minimum absolute atomic E-state index is 0.0158. The number of aromatic nitrogens is 3. The lowest BCUT2D eigenvalue weighted by atomic mass is 10.3. The summed E-state index contributed by atoms with van der Waals surface area (Å²) in [6.07, 6.45) is 3.33. The topological polar surface area (TPSA) is 118 Å². The first-order chi connectivity index (χ1) is 14.4. The second-order valence-corrected chi connectivity index (χ2v) is 8.56. The first-order valence-corrected chi connectivity index (χ1v) is 10.9. The molecule has 160 valence electrons. The van der Waals surface area contributed by atoms with Gasteiger partial charge in [-0.3, -0.25) is 4.57 Å². The van der Waals surface area contributed by atoms with Gasteiger partial charge in [-0.2, -0.15) is 0 Å². The highest BCUT2D eigenvalue weighted by Gasteiger charge is 2.31. The molecule has 0 saturated heterocycles. The summed E-state index contributed by atoms with van der Waals surface area (Å²) in [6, 6.07) is 8.01. The van der Waals surface area contributed by atoms with Crippen molar-refractivity contribution in [1.29, 1.82) is 0 Å². The Morgan fingerprint density at radius 2 is 2.03 bits per heavy atom. The zero-order valence-corrected chi connectivity index (χ0v) is 17.4. The molecule has 1 N–H and O–H groups in total. The van der Waals surface area contributed by atoms with E-state index in [2.05, 4.69) is 9.82 Å². The number of rotatable bonds is 9. The van der Waals surface area contributed by atoms with Gasteiger partial charge in [0.25, 0.3) is 0 Å². The maximum atomic E-state index is 12.8. The maximum Gasteiger partial charge on any atom is 0.346 e. The van der Waals surface area contributed by atoms with E-state index >= 15 is 0 Å². The van der Waals surface area contributed by atoms with Gasteiger partial charge < -0.3 is 13.9 Å². The van der Waals surface area contributed by atoms with E-state index in [1.165, 1.54) is 43.4 Å². The van der Waals surface area contributed by atoms with Gasteiger partial charge in [0, 0.05) is 18.7 Å². The highest BCUT2D eigenvalue weighted by Crippen LogP contribution is 2.36. The normalized spacial score (nSPS) is 14.1. The Morgan fingerprint density at radius 3 is 2.67 bits per heavy atom. The summed E-state index contributed by atoms with van der Waals surface area (Å²) in [7, 11) is -0.995. The van der Waals surface area contributed by atoms with Crippen LogP contribution < -0.4 is 19.9 Å². The minimum atomic E-state index is -3.86. The summed E-state index contributed by atoms with van der Waals surface area (Å²) in [5, 5.41) is 4.36. The zero-order valence-electron chi connectivity index (χ0n) is 16.6. The molecule has 0 radical (unpaired) electrons. The number of methoxy groups -OCH3 is 2. The van der Waals surface area contributed by atoms with E-state index in [4.69, 9.17) is 13.9 Å². The molecule has 1 saturated carbocycles. The summed E-state index contributed by atoms with van der Waals surface area (Å²) in [4.78, 5) is 12.8. The molecule has 0 atom stereocenters. The second kappa shape index (κ2) is 8.00. The third kappa shape index (κ3) is 3.85. The highest BCUT2D eigenvalue weighted by molar-refractivity contribution is 7.89. The summed E-state index contributed by atoms with van der Waals surface area (Å²) < 4.78 is 46.4. The van der Waals surface area contributed by atoms with Crippen molar-refractivity contribution in [2.75, 3.05) is 20.8 Å². The number of hydrogen-bond donors (Lipinski definition) is 1. The van der Waals surface area contributed by atoms with Crippen molar-refractivity contribution in [1.82, 2.24) is 19.1 Å². The van der Waals surface area contributed by atoms with Crippen molar-refractivity contribution in [2.24, 2.45) is 0 Å². The predicted molar refractivity (Wildman–Crippen MR) is 107 cm³/mol. The Morgan fingerprint density at radius 1 is 1.23 bits per heavy atom. The molecule has 1 aliphatic carbocycles. The number of sulfonamides is 1. The van der Waals surface area contributed by atoms with Crippen molar-refractivity contribution in [3.8, 4) is 23.1 Å². The van der Waals surface area contributed by atoms with Gasteiger partial charge in [-0.1, -0.05) is 0 Å². The molecule has 10 nitrogen and oxygen atoms in total. The van der Waals surface area contributed by atoms with E-state index in [9.17, 15) is 13.2 Å². The summed E-state index contributed by atoms with van der Waals surface area (Å²) >= 11 is 0. The molecule has 2 heterocycles. The molecule has 3 aromatic rings. The maximum absolute atomic E-state index is 12.8. The zero-order chi connectivity index (χ0) is 21.3. The molecule has 0 aliphatic heterocycles. The van der Waals surface area contributed by atoms with Crippen LogP contribution in [0.2, 0.25) is 0 Å². The molecule has 1 aliphatic rings. The van der Waals surface area contributed by atoms with Gasteiger partial charge in [-0.15, -0.1) is 5.10 Å². The van der Waals surface area contributed by atoms with Crippen LogP contribution in [0, 0.1) is 0 Å². The predicted octanol–water partition coefficient (Wildman–Crippen LogP) is 1.64. The van der Waals surface area contributed by atoms with Gasteiger partial charge >= 0.3 is 5.69 Å². The van der Waals surface area contributed by atoms with Crippen LogP contribution in [0.4, 0.5) is 0 Å². The number of benzene rings is 1. The quantitative estimate of drug-likeness (QED) is 0.544. The van der Waals surface area contributed by atoms with Crippen LogP contribution in [0.25, 0.3) is 11.6 Å². The second-order valence-electron chi connectivity index (χ2n) is 6.82. The molecule has 2 aromatic heterocycles. The fraction of sp³-hybridized carbons (Fsp3) is 0.368. The number of ether oxygens (including phenoxy) is 2. The number of hydrogen-bond acceptors (Lipinski definition) is 7. The van der Waals surface area contributed by atoms with Gasteiger partial charge in [0.2, 0.25) is 15.8 Å². The van der Waals surface area contributed by atoms with E-state index in [-0.39, 0.29) is 35.5 Å². The van der Waals surface area contributed by atoms with Crippen LogP contribution in [0.5, 0.6) is 11.5 Å². The fourth-order valence-electron chi connectivity index (χ4n) is 3.16. The van der Waals surface area contributed by atoms with Crippen molar-refractivity contribution >= 4 is 10.0 Å². The molecular formula is C19H22N4O6S. The van der Waals surface area contributed by atoms with Crippen molar-refractivity contribution < 1.29 is 22.3 Å². The van der Waals surface area contributed by atoms with Crippen LogP contribution in [-0.4, -0.2) is 43.5 Å². The van der Waals surface area contributed by atoms with Crippen LogP contribution in [0.3, 0.4) is 0 Å². The molecular weight excluding hydrogens is 412 g/mol. The standard InChI is InChI=1S/C19H22N4O6S/c1-27-14-7-8-17(16(12-14)28-2)30(25,26)20-9-10-22-19(24)23(13-5-6-13)18(21-22)15-4-3-11-29-15/h3-4,7-8,11-13,20H,5-6,9-10H2,1-2H3. The lowest BCUT2D eigenvalue weighted by Gasteiger charge is -2.11. The molecule has 30 heavy (non-hydrogen) atoms. The highest BCUT2D eigenvalue weighted by atomic mass is 32.2. The van der Waals surface area contributed by atoms with Crippen LogP contribution in [0.15, 0.2) is 50.7 Å². The van der Waals surface area contributed by atoms with Gasteiger partial charge in [0.05, 0.1) is 27.0 Å².